The van der Waals surface area contributed by atoms with Crippen molar-refractivity contribution in [1.82, 2.24) is 0 Å². The van der Waals surface area contributed by atoms with Gasteiger partial charge in [0.2, 0.25) is 0 Å². The summed E-state index contributed by atoms with van der Waals surface area (Å²) in [7, 11) is -5.46. The minimum atomic E-state index is -2.73. The van der Waals surface area contributed by atoms with Gasteiger partial charge in [0.25, 0.3) is 0 Å². The molecule has 0 fully saturated rings. The summed E-state index contributed by atoms with van der Waals surface area (Å²) < 4.78 is 45.1. The summed E-state index contributed by atoms with van der Waals surface area (Å²) in [6.45, 7) is 12.6. The highest BCUT2D eigenvalue weighted by atomic mass is 32.2. The minimum Gasteiger partial charge on any atom is -0.508 e. The molecule has 0 aliphatic heterocycles. The molecule has 0 unspecified atom stereocenters. The molecule has 170 valence electrons. The predicted octanol–water partition coefficient (Wildman–Crippen LogP) is 4.26. The SMILES string of the molecule is CC(C)(C)c1cc(C=C(C[SH](=O)=O)C[SH](=O)=O)cc(C(C)(C)C)c1-c1ccc(O)cc1. The minimum absolute atomic E-state index is 0.195. The smallest absolute Gasteiger partial charge is 0.144 e. The van der Waals surface area contributed by atoms with Gasteiger partial charge in [0, 0.05) is 0 Å². The van der Waals surface area contributed by atoms with Crippen LogP contribution in [0.25, 0.3) is 17.2 Å². The Balaban J connectivity index is 2.88. The van der Waals surface area contributed by atoms with Crippen molar-refractivity contribution < 1.29 is 21.9 Å². The van der Waals surface area contributed by atoms with Gasteiger partial charge in [-0.25, -0.2) is 16.8 Å². The third-order valence-corrected chi connectivity index (χ3v) is 6.30. The molecule has 1 N–H and O–H groups in total. The van der Waals surface area contributed by atoms with Crippen LogP contribution in [0, 0.1) is 0 Å². The number of hydrogen-bond acceptors (Lipinski definition) is 5. The highest BCUT2D eigenvalue weighted by Crippen LogP contribution is 2.42. The van der Waals surface area contributed by atoms with Crippen LogP contribution in [0.15, 0.2) is 42.0 Å². The van der Waals surface area contributed by atoms with Gasteiger partial charge in [-0.15, -0.1) is 0 Å². The summed E-state index contributed by atoms with van der Waals surface area (Å²) in [6.07, 6.45) is 1.68. The van der Waals surface area contributed by atoms with Gasteiger partial charge in [0.05, 0.1) is 11.5 Å². The normalized spacial score (nSPS) is 12.4. The molecule has 2 aromatic rings. The Labute approximate surface area is 188 Å². The Morgan fingerprint density at radius 1 is 0.806 bits per heavy atom. The van der Waals surface area contributed by atoms with Crippen LogP contribution in [0.5, 0.6) is 5.75 Å². The number of phenols is 1. The van der Waals surface area contributed by atoms with Gasteiger partial charge in [-0.05, 0) is 56.4 Å². The van der Waals surface area contributed by atoms with Crippen LogP contribution in [0.1, 0.15) is 58.2 Å². The largest absolute Gasteiger partial charge is 0.508 e. The van der Waals surface area contributed by atoms with Crippen molar-refractivity contribution in [3.05, 3.63) is 58.7 Å². The van der Waals surface area contributed by atoms with E-state index in [4.69, 9.17) is 0 Å². The summed E-state index contributed by atoms with van der Waals surface area (Å²) in [5, 5.41) is 9.74. The lowest BCUT2D eigenvalue weighted by Gasteiger charge is -2.31. The summed E-state index contributed by atoms with van der Waals surface area (Å²) in [6, 6.07) is 11.1. The number of benzene rings is 2. The lowest BCUT2D eigenvalue weighted by atomic mass is 9.73. The fourth-order valence-corrected chi connectivity index (χ4v) is 4.82. The average Bonchev–Trinajstić information content (AvgIpc) is 2.59. The van der Waals surface area contributed by atoms with Gasteiger partial charge < -0.3 is 5.11 Å². The molecule has 0 radical (unpaired) electrons. The van der Waals surface area contributed by atoms with Crippen molar-refractivity contribution >= 4 is 27.5 Å². The molecule has 0 aromatic heterocycles. The number of aromatic hydroxyl groups is 1. The van der Waals surface area contributed by atoms with E-state index in [1.54, 1.807) is 18.2 Å². The Morgan fingerprint density at radius 2 is 1.23 bits per heavy atom. The highest BCUT2D eigenvalue weighted by Gasteiger charge is 2.27. The first-order chi connectivity index (χ1) is 14.2. The molecule has 0 aliphatic rings. The van der Waals surface area contributed by atoms with Crippen LogP contribution in [0.4, 0.5) is 0 Å². The molecule has 0 aliphatic carbocycles. The van der Waals surface area contributed by atoms with E-state index in [-0.39, 0.29) is 28.1 Å². The molecule has 0 atom stereocenters. The zero-order valence-electron chi connectivity index (χ0n) is 18.9. The van der Waals surface area contributed by atoms with Gasteiger partial charge in [-0.2, -0.15) is 0 Å². The second-order valence-electron chi connectivity index (χ2n) is 9.82. The first-order valence-electron chi connectivity index (χ1n) is 10.1. The van der Waals surface area contributed by atoms with E-state index in [0.717, 1.165) is 27.8 Å². The number of hydrogen-bond donors (Lipinski definition) is 3. The van der Waals surface area contributed by atoms with E-state index in [1.807, 2.05) is 24.3 Å². The maximum absolute atomic E-state index is 11.3. The molecule has 0 heterocycles. The summed E-state index contributed by atoms with van der Waals surface area (Å²) >= 11 is 0. The molecule has 5 nitrogen and oxygen atoms in total. The molecule has 31 heavy (non-hydrogen) atoms. The number of phenolic OH excluding ortho intramolecular Hbond substituents is 1. The van der Waals surface area contributed by atoms with E-state index in [2.05, 4.69) is 41.5 Å². The Bertz CT molecular complexity index is 1050. The quantitative estimate of drug-likeness (QED) is 0.556. The van der Waals surface area contributed by atoms with E-state index >= 15 is 0 Å². The lowest BCUT2D eigenvalue weighted by molar-refractivity contribution is 0.475. The van der Waals surface area contributed by atoms with Crippen LogP contribution in [0.2, 0.25) is 0 Å². The Kier molecular flexibility index (Phi) is 7.76. The van der Waals surface area contributed by atoms with Crippen LogP contribution < -0.4 is 0 Å². The van der Waals surface area contributed by atoms with E-state index in [1.165, 1.54) is 0 Å². The molecular weight excluding hydrogens is 432 g/mol. The van der Waals surface area contributed by atoms with Crippen molar-refractivity contribution in [1.29, 1.82) is 0 Å². The monoisotopic (exact) mass is 464 g/mol. The summed E-state index contributed by atoms with van der Waals surface area (Å²) in [5.74, 6) is -0.372. The van der Waals surface area contributed by atoms with E-state index in [9.17, 15) is 21.9 Å². The molecule has 0 saturated heterocycles. The van der Waals surface area contributed by atoms with Crippen molar-refractivity contribution in [3.63, 3.8) is 0 Å². The van der Waals surface area contributed by atoms with Gasteiger partial charge in [-0.1, -0.05) is 71.9 Å². The van der Waals surface area contributed by atoms with Crippen molar-refractivity contribution in [2.75, 3.05) is 11.5 Å². The van der Waals surface area contributed by atoms with E-state index < -0.39 is 21.4 Å². The molecule has 2 aromatic carbocycles. The molecule has 2 rings (SSSR count). The first-order valence-corrected chi connectivity index (χ1v) is 12.8. The lowest BCUT2D eigenvalue weighted by Crippen LogP contribution is -2.19. The van der Waals surface area contributed by atoms with Gasteiger partial charge in [0.15, 0.2) is 0 Å². The van der Waals surface area contributed by atoms with Crippen molar-refractivity contribution in [3.8, 4) is 16.9 Å². The molecule has 7 heteroatoms. The fourth-order valence-electron chi connectivity index (χ4n) is 3.58. The van der Waals surface area contributed by atoms with Crippen LogP contribution >= 0.6 is 0 Å². The van der Waals surface area contributed by atoms with Gasteiger partial charge >= 0.3 is 0 Å². The third kappa shape index (κ3) is 6.94. The molecule has 0 bridgehead atoms. The summed E-state index contributed by atoms with van der Waals surface area (Å²) in [5.41, 5.74) is 4.85. The van der Waals surface area contributed by atoms with Gasteiger partial charge in [-0.3, -0.25) is 0 Å². The van der Waals surface area contributed by atoms with Gasteiger partial charge in [0.1, 0.15) is 27.2 Å². The van der Waals surface area contributed by atoms with Crippen molar-refractivity contribution in [2.45, 2.75) is 52.4 Å². The van der Waals surface area contributed by atoms with Crippen LogP contribution in [0.3, 0.4) is 0 Å². The average molecular weight is 465 g/mol. The zero-order valence-corrected chi connectivity index (χ0v) is 20.7. The maximum atomic E-state index is 11.3. The molecule has 0 saturated carbocycles. The molecule has 0 amide bonds. The fraction of sp³-hybridized carbons (Fsp3) is 0.417. The maximum Gasteiger partial charge on any atom is 0.144 e. The molecule has 0 spiro atoms. The second-order valence-corrected chi connectivity index (χ2v) is 11.8. The number of rotatable bonds is 6. The Morgan fingerprint density at radius 3 is 1.58 bits per heavy atom. The highest BCUT2D eigenvalue weighted by molar-refractivity contribution is 7.73. The third-order valence-electron chi connectivity index (χ3n) is 4.97. The topological polar surface area (TPSA) is 88.5 Å². The molecular formula is C24H32O5S2. The standard InChI is InChI=1S/C24H32O5S2/c1-23(2,3)20-12-16(11-17(14-30(26)27)15-31(28)29)13-21(24(4,5)6)22(20)18-7-9-19(25)10-8-18/h7-13,25,30-31H,14-15H2,1-6H3. The summed E-state index contributed by atoms with van der Waals surface area (Å²) in [4.78, 5) is 0. The van der Waals surface area contributed by atoms with Crippen molar-refractivity contribution in [2.24, 2.45) is 0 Å². The van der Waals surface area contributed by atoms with Crippen LogP contribution in [-0.2, 0) is 32.2 Å². The zero-order chi connectivity index (χ0) is 23.6. The van der Waals surface area contributed by atoms with E-state index in [0.29, 0.717) is 5.57 Å². The Hall–Kier alpha value is -2.12. The number of thiol groups is 2. The second kappa shape index (κ2) is 9.57. The first kappa shape index (κ1) is 25.1. The predicted molar refractivity (Wildman–Crippen MR) is 129 cm³/mol. The van der Waals surface area contributed by atoms with Crippen LogP contribution in [-0.4, -0.2) is 33.4 Å².